The number of piperidine rings is 1. The van der Waals surface area contributed by atoms with Crippen molar-refractivity contribution in [3.05, 3.63) is 48.0 Å². The predicted molar refractivity (Wildman–Crippen MR) is 116 cm³/mol. The minimum absolute atomic E-state index is 0.247. The van der Waals surface area contributed by atoms with Crippen LogP contribution in [0.1, 0.15) is 29.6 Å². The second-order valence-corrected chi connectivity index (χ2v) is 9.05. The molecular weight excluding hydrogens is 420 g/mol. The predicted octanol–water partition coefficient (Wildman–Crippen LogP) is 2.69. The molecule has 9 heteroatoms. The standard InChI is InChI=1S/C22H28N2O6S/c1-28-20-11-6-17(16-21(20)29-2)22(25)23-12-15-30-18-7-9-19(10-8-18)31(26,27)24-13-4-3-5-14-24/h6-11,16H,3-5,12-15H2,1-2H3,(H,23,25). The molecule has 1 fully saturated rings. The normalized spacial score (nSPS) is 14.6. The first kappa shape index (κ1) is 22.9. The topological polar surface area (TPSA) is 94.2 Å². The fourth-order valence-corrected chi connectivity index (χ4v) is 4.89. The molecule has 3 rings (SSSR count). The van der Waals surface area contributed by atoms with Crippen LogP contribution in [0, 0.1) is 0 Å². The highest BCUT2D eigenvalue weighted by Gasteiger charge is 2.25. The number of rotatable bonds is 9. The number of nitrogens with zero attached hydrogens (tertiary/aromatic N) is 1. The third kappa shape index (κ3) is 5.68. The number of carbonyl (C=O) groups excluding carboxylic acids is 1. The smallest absolute Gasteiger partial charge is 0.251 e. The summed E-state index contributed by atoms with van der Waals surface area (Å²) in [5, 5.41) is 2.77. The largest absolute Gasteiger partial charge is 0.493 e. The quantitative estimate of drug-likeness (QED) is 0.593. The molecule has 8 nitrogen and oxygen atoms in total. The van der Waals surface area contributed by atoms with Gasteiger partial charge in [0.05, 0.1) is 25.7 Å². The molecule has 0 radical (unpaired) electrons. The van der Waals surface area contributed by atoms with Gasteiger partial charge in [-0.3, -0.25) is 4.79 Å². The molecule has 1 saturated heterocycles. The van der Waals surface area contributed by atoms with E-state index < -0.39 is 10.0 Å². The summed E-state index contributed by atoms with van der Waals surface area (Å²) >= 11 is 0. The minimum atomic E-state index is -3.46. The average Bonchev–Trinajstić information content (AvgIpc) is 2.82. The third-order valence-electron chi connectivity index (χ3n) is 5.08. The summed E-state index contributed by atoms with van der Waals surface area (Å²) in [5.41, 5.74) is 0.449. The number of hydrogen-bond acceptors (Lipinski definition) is 6. The van der Waals surface area contributed by atoms with Crippen molar-refractivity contribution >= 4 is 15.9 Å². The number of methoxy groups -OCH3 is 2. The number of carbonyl (C=O) groups is 1. The lowest BCUT2D eigenvalue weighted by Gasteiger charge is -2.25. The molecule has 0 aliphatic carbocycles. The van der Waals surface area contributed by atoms with Gasteiger partial charge in [-0.25, -0.2) is 8.42 Å². The van der Waals surface area contributed by atoms with Crippen molar-refractivity contribution in [2.45, 2.75) is 24.2 Å². The summed E-state index contributed by atoms with van der Waals surface area (Å²) in [5.74, 6) is 1.31. The molecule has 1 aliphatic rings. The van der Waals surface area contributed by atoms with Gasteiger partial charge in [-0.05, 0) is 55.3 Å². The second kappa shape index (κ2) is 10.5. The minimum Gasteiger partial charge on any atom is -0.493 e. The SMILES string of the molecule is COc1ccc(C(=O)NCCOc2ccc(S(=O)(=O)N3CCCCC3)cc2)cc1OC. The van der Waals surface area contributed by atoms with E-state index in [0.717, 1.165) is 19.3 Å². The highest BCUT2D eigenvalue weighted by Crippen LogP contribution is 2.27. The van der Waals surface area contributed by atoms with Gasteiger partial charge in [0.2, 0.25) is 10.0 Å². The van der Waals surface area contributed by atoms with Gasteiger partial charge in [-0.15, -0.1) is 0 Å². The van der Waals surface area contributed by atoms with E-state index in [1.165, 1.54) is 18.5 Å². The average molecular weight is 449 g/mol. The van der Waals surface area contributed by atoms with Crippen LogP contribution >= 0.6 is 0 Å². The molecule has 0 aromatic heterocycles. The Kier molecular flexibility index (Phi) is 7.75. The monoisotopic (exact) mass is 448 g/mol. The number of benzene rings is 2. The summed E-state index contributed by atoms with van der Waals surface area (Å²) in [4.78, 5) is 12.6. The van der Waals surface area contributed by atoms with Crippen LogP contribution in [0.15, 0.2) is 47.4 Å². The van der Waals surface area contributed by atoms with Gasteiger partial charge >= 0.3 is 0 Å². The maximum atomic E-state index is 12.7. The Bertz CT molecular complexity index is 986. The molecule has 0 spiro atoms. The fraction of sp³-hybridized carbons (Fsp3) is 0.409. The molecule has 1 aliphatic heterocycles. The van der Waals surface area contributed by atoms with Crippen LogP contribution in [0.5, 0.6) is 17.2 Å². The molecular formula is C22H28N2O6S. The molecule has 2 aromatic rings. The zero-order valence-corrected chi connectivity index (χ0v) is 18.6. The van der Waals surface area contributed by atoms with Crippen LogP contribution < -0.4 is 19.5 Å². The first-order valence-electron chi connectivity index (χ1n) is 10.2. The first-order chi connectivity index (χ1) is 15.0. The number of amides is 1. The molecule has 1 amide bonds. The molecule has 168 valence electrons. The van der Waals surface area contributed by atoms with Crippen LogP contribution in [0.4, 0.5) is 0 Å². The Morgan fingerprint density at radius 3 is 2.29 bits per heavy atom. The van der Waals surface area contributed by atoms with Crippen molar-refractivity contribution in [2.24, 2.45) is 0 Å². The maximum Gasteiger partial charge on any atom is 0.251 e. The molecule has 31 heavy (non-hydrogen) atoms. The number of nitrogens with one attached hydrogen (secondary N) is 1. The molecule has 0 bridgehead atoms. The lowest BCUT2D eigenvalue weighted by atomic mass is 10.2. The molecule has 2 aromatic carbocycles. The van der Waals surface area contributed by atoms with Crippen molar-refractivity contribution in [1.82, 2.24) is 9.62 Å². The van der Waals surface area contributed by atoms with Crippen molar-refractivity contribution in [2.75, 3.05) is 40.5 Å². The van der Waals surface area contributed by atoms with E-state index >= 15 is 0 Å². The highest BCUT2D eigenvalue weighted by atomic mass is 32.2. The number of ether oxygens (including phenoxy) is 3. The van der Waals surface area contributed by atoms with Gasteiger partial charge in [0, 0.05) is 18.7 Å². The van der Waals surface area contributed by atoms with Gasteiger partial charge in [-0.2, -0.15) is 4.31 Å². The molecule has 0 atom stereocenters. The molecule has 0 unspecified atom stereocenters. The van der Waals surface area contributed by atoms with Crippen LogP contribution in [0.2, 0.25) is 0 Å². The summed E-state index contributed by atoms with van der Waals surface area (Å²) < 4.78 is 42.9. The lowest BCUT2D eigenvalue weighted by Crippen LogP contribution is -2.35. The van der Waals surface area contributed by atoms with Crippen LogP contribution in [0.25, 0.3) is 0 Å². The first-order valence-corrected chi connectivity index (χ1v) is 11.6. The van der Waals surface area contributed by atoms with E-state index in [1.54, 1.807) is 42.5 Å². The van der Waals surface area contributed by atoms with E-state index in [9.17, 15) is 13.2 Å². The lowest BCUT2D eigenvalue weighted by molar-refractivity contribution is 0.0946. The summed E-state index contributed by atoms with van der Waals surface area (Å²) in [6.07, 6.45) is 2.87. The summed E-state index contributed by atoms with van der Waals surface area (Å²) in [6.45, 7) is 1.68. The Morgan fingerprint density at radius 1 is 0.968 bits per heavy atom. The molecule has 1 N–H and O–H groups in total. The van der Waals surface area contributed by atoms with E-state index in [-0.39, 0.29) is 17.4 Å². The summed E-state index contributed by atoms with van der Waals surface area (Å²) in [6, 6.07) is 11.3. The zero-order chi connectivity index (χ0) is 22.3. The van der Waals surface area contributed by atoms with E-state index in [4.69, 9.17) is 14.2 Å². The van der Waals surface area contributed by atoms with Crippen LogP contribution in [-0.4, -0.2) is 59.1 Å². The number of hydrogen-bond donors (Lipinski definition) is 1. The second-order valence-electron chi connectivity index (χ2n) is 7.11. The van der Waals surface area contributed by atoms with E-state index in [2.05, 4.69) is 5.32 Å². The van der Waals surface area contributed by atoms with Crippen LogP contribution in [-0.2, 0) is 10.0 Å². The summed E-state index contributed by atoms with van der Waals surface area (Å²) in [7, 11) is -0.412. The van der Waals surface area contributed by atoms with Gasteiger partial charge in [0.15, 0.2) is 11.5 Å². The van der Waals surface area contributed by atoms with Crippen molar-refractivity contribution in [1.29, 1.82) is 0 Å². The molecule has 1 heterocycles. The van der Waals surface area contributed by atoms with Crippen molar-refractivity contribution in [3.8, 4) is 17.2 Å². The fourth-order valence-electron chi connectivity index (χ4n) is 3.38. The van der Waals surface area contributed by atoms with Gasteiger partial charge in [0.1, 0.15) is 12.4 Å². The van der Waals surface area contributed by atoms with E-state index in [0.29, 0.717) is 42.4 Å². The zero-order valence-electron chi connectivity index (χ0n) is 17.8. The van der Waals surface area contributed by atoms with Crippen LogP contribution in [0.3, 0.4) is 0 Å². The van der Waals surface area contributed by atoms with E-state index in [1.807, 2.05) is 0 Å². The number of sulfonamides is 1. The highest BCUT2D eigenvalue weighted by molar-refractivity contribution is 7.89. The van der Waals surface area contributed by atoms with Gasteiger partial charge in [-0.1, -0.05) is 6.42 Å². The Balaban J connectivity index is 1.49. The molecule has 0 saturated carbocycles. The Morgan fingerprint density at radius 2 is 1.65 bits per heavy atom. The third-order valence-corrected chi connectivity index (χ3v) is 6.99. The Hall–Kier alpha value is -2.78. The maximum absolute atomic E-state index is 12.7. The Labute approximate surface area is 183 Å². The van der Waals surface area contributed by atoms with Crippen molar-refractivity contribution in [3.63, 3.8) is 0 Å². The van der Waals surface area contributed by atoms with Gasteiger partial charge in [0.25, 0.3) is 5.91 Å². The van der Waals surface area contributed by atoms with Crippen molar-refractivity contribution < 1.29 is 27.4 Å². The van der Waals surface area contributed by atoms with Gasteiger partial charge < -0.3 is 19.5 Å².